The molecular weight excluding hydrogens is 440 g/mol. The molecule has 0 aromatic carbocycles. The Bertz CT molecular complexity index is 845. The van der Waals surface area contributed by atoms with Crippen molar-refractivity contribution in [3.63, 3.8) is 0 Å². The van der Waals surface area contributed by atoms with Gasteiger partial charge in [0.1, 0.15) is 24.6 Å². The summed E-state index contributed by atoms with van der Waals surface area (Å²) in [6, 6.07) is 0. The number of hydrogen-bond donors (Lipinski definition) is 5. The third kappa shape index (κ3) is 11.0. The van der Waals surface area contributed by atoms with E-state index in [4.69, 9.17) is 25.5 Å². The first-order chi connectivity index (χ1) is 15.8. The van der Waals surface area contributed by atoms with Gasteiger partial charge in [0.15, 0.2) is 12.4 Å². The number of aliphatic carboxylic acids is 1. The Morgan fingerprint density at radius 3 is 2.06 bits per heavy atom. The van der Waals surface area contributed by atoms with E-state index in [1.165, 1.54) is 36.0 Å². The molecule has 0 aromatic heterocycles. The van der Waals surface area contributed by atoms with Crippen LogP contribution >= 0.6 is 0 Å². The zero-order valence-electron chi connectivity index (χ0n) is 20.5. The molecule has 4 atom stereocenters. The van der Waals surface area contributed by atoms with Crippen molar-refractivity contribution in [1.82, 2.24) is 0 Å². The zero-order valence-corrected chi connectivity index (χ0v) is 20.5. The Morgan fingerprint density at radius 1 is 0.971 bits per heavy atom. The quantitative estimate of drug-likeness (QED) is 0.182. The Kier molecular flexibility index (Phi) is 14.1. The van der Waals surface area contributed by atoms with E-state index in [9.17, 15) is 14.4 Å². The van der Waals surface area contributed by atoms with E-state index in [1.807, 2.05) is 19.1 Å². The maximum absolute atomic E-state index is 10.3. The van der Waals surface area contributed by atoms with E-state index in [1.54, 1.807) is 6.08 Å². The van der Waals surface area contributed by atoms with E-state index in [-0.39, 0.29) is 11.7 Å². The van der Waals surface area contributed by atoms with Crippen molar-refractivity contribution in [2.45, 2.75) is 78.3 Å². The average molecular weight is 479 g/mol. The van der Waals surface area contributed by atoms with Gasteiger partial charge in [-0.25, -0.2) is 4.79 Å². The van der Waals surface area contributed by atoms with Gasteiger partial charge in [0.2, 0.25) is 0 Å². The van der Waals surface area contributed by atoms with Crippen molar-refractivity contribution >= 4 is 18.5 Å². The van der Waals surface area contributed by atoms with E-state index in [0.717, 1.165) is 11.9 Å². The Hall–Kier alpha value is -2.65. The van der Waals surface area contributed by atoms with Crippen molar-refractivity contribution < 1.29 is 39.9 Å². The van der Waals surface area contributed by atoms with Gasteiger partial charge in [-0.3, -0.25) is 4.79 Å². The largest absolute Gasteiger partial charge is 0.479 e. The molecule has 8 nitrogen and oxygen atoms in total. The number of rotatable bonds is 10. The number of carbonyl (C=O) groups is 3. The minimum Gasteiger partial charge on any atom is -0.479 e. The maximum Gasteiger partial charge on any atom is 0.335 e. The molecule has 190 valence electrons. The Balaban J connectivity index is 0.000000722. The number of allylic oxidation sites excluding steroid dienone is 10. The van der Waals surface area contributed by atoms with Crippen LogP contribution < -0.4 is 0 Å². The molecule has 1 aliphatic carbocycles. The highest BCUT2D eigenvalue weighted by Crippen LogP contribution is 2.40. The molecule has 0 radical (unpaired) electrons. The lowest BCUT2D eigenvalue weighted by Crippen LogP contribution is -2.48. The number of aliphatic hydroxyl groups excluding tert-OH is 4. The summed E-state index contributed by atoms with van der Waals surface area (Å²) in [7, 11) is 0. The van der Waals surface area contributed by atoms with Gasteiger partial charge in [0.25, 0.3) is 0 Å². The van der Waals surface area contributed by atoms with Crippen LogP contribution in [0.4, 0.5) is 0 Å². The molecule has 0 spiro atoms. The van der Waals surface area contributed by atoms with Crippen molar-refractivity contribution in [2.24, 2.45) is 5.41 Å². The molecule has 0 saturated heterocycles. The maximum atomic E-state index is 10.3. The minimum atomic E-state index is -2.25. The van der Waals surface area contributed by atoms with Gasteiger partial charge in [-0.2, -0.15) is 0 Å². The number of carbonyl (C=O) groups excluding carboxylic acids is 2. The summed E-state index contributed by atoms with van der Waals surface area (Å²) in [5, 5.41) is 43.2. The fourth-order valence-electron chi connectivity index (χ4n) is 3.41. The molecule has 0 saturated carbocycles. The van der Waals surface area contributed by atoms with Crippen LogP contribution in [-0.4, -0.2) is 68.5 Å². The summed E-state index contributed by atoms with van der Waals surface area (Å²) in [6.07, 6.45) is 8.26. The van der Waals surface area contributed by atoms with Crippen LogP contribution in [0.3, 0.4) is 0 Å². The number of hydrogen-bond acceptors (Lipinski definition) is 7. The van der Waals surface area contributed by atoms with E-state index < -0.39 is 30.4 Å². The molecule has 1 rings (SSSR count). The van der Waals surface area contributed by atoms with Crippen LogP contribution in [0.25, 0.3) is 0 Å². The van der Waals surface area contributed by atoms with Crippen LogP contribution in [0.15, 0.2) is 58.7 Å². The van der Waals surface area contributed by atoms with Gasteiger partial charge in [-0.15, -0.1) is 0 Å². The minimum absolute atomic E-state index is 0.0809. The molecule has 0 aromatic rings. The molecule has 0 aliphatic heterocycles. The van der Waals surface area contributed by atoms with Crippen molar-refractivity contribution in [2.75, 3.05) is 0 Å². The molecule has 5 N–H and O–H groups in total. The highest BCUT2D eigenvalue weighted by Gasteiger charge is 2.34. The predicted molar refractivity (Wildman–Crippen MR) is 130 cm³/mol. The summed E-state index contributed by atoms with van der Waals surface area (Å²) in [5.74, 6) is -1.76. The fraction of sp³-hybridized carbons (Fsp3) is 0.500. The lowest BCUT2D eigenvalue weighted by Gasteiger charge is -2.32. The van der Waals surface area contributed by atoms with Crippen molar-refractivity contribution in [3.8, 4) is 0 Å². The second-order valence-electron chi connectivity index (χ2n) is 8.97. The van der Waals surface area contributed by atoms with E-state index >= 15 is 0 Å². The van der Waals surface area contributed by atoms with Crippen LogP contribution in [0, 0.1) is 5.41 Å². The number of aldehydes is 2. The second kappa shape index (κ2) is 15.3. The first-order valence-electron chi connectivity index (χ1n) is 11.0. The van der Waals surface area contributed by atoms with Gasteiger partial charge in [-0.1, -0.05) is 55.4 Å². The Labute approximate surface area is 201 Å². The smallest absolute Gasteiger partial charge is 0.335 e. The first kappa shape index (κ1) is 31.4. The molecule has 0 bridgehead atoms. The van der Waals surface area contributed by atoms with Gasteiger partial charge < -0.3 is 30.3 Å². The average Bonchev–Trinajstić information content (AvgIpc) is 2.76. The summed E-state index contributed by atoms with van der Waals surface area (Å²) < 4.78 is 0. The standard InChI is InChI=1S/C20H28O.C6H10O7/c1-16(8-6-9-17(2)13-15-21)11-12-19-18(3)10-7-14-20(19,4)5;7-1-2(8)3(9)4(10)5(11)6(12)13/h6,8-9,11-13,15H,7,10,14H2,1-5H3;1-5,8-11H,(H,12,13)/b9-6+,12-11+,16-8+,17-13+;/t;2-,3+,4-,5-/m.0/s1. The molecule has 0 fully saturated rings. The predicted octanol–water partition coefficient (Wildman–Crippen LogP) is 2.43. The third-order valence-corrected chi connectivity index (χ3v) is 5.52. The molecule has 0 unspecified atom stereocenters. The van der Waals surface area contributed by atoms with Crippen LogP contribution in [-0.2, 0) is 14.4 Å². The summed E-state index contributed by atoms with van der Waals surface area (Å²) in [4.78, 5) is 30.3. The SMILES string of the molecule is CC1=C(/C=C/C(C)=C/C=C/C(C)=C/C=O)C(C)(C)CCC1.O=C[C@H](O)[C@@H](O)[C@H](O)[C@H](O)C(=O)O. The monoisotopic (exact) mass is 478 g/mol. The summed E-state index contributed by atoms with van der Waals surface area (Å²) in [5.41, 5.74) is 5.48. The topological polar surface area (TPSA) is 152 Å². The summed E-state index contributed by atoms with van der Waals surface area (Å²) in [6.45, 7) is 10.9. The van der Waals surface area contributed by atoms with E-state index in [0.29, 0.717) is 0 Å². The fourth-order valence-corrected chi connectivity index (χ4v) is 3.41. The molecule has 0 heterocycles. The van der Waals surface area contributed by atoms with Crippen LogP contribution in [0.5, 0.6) is 0 Å². The number of aliphatic hydroxyl groups is 4. The third-order valence-electron chi connectivity index (χ3n) is 5.52. The lowest BCUT2D eigenvalue weighted by atomic mass is 9.72. The molecule has 34 heavy (non-hydrogen) atoms. The lowest BCUT2D eigenvalue weighted by molar-refractivity contribution is -0.163. The molecule has 8 heteroatoms. The van der Waals surface area contributed by atoms with Gasteiger partial charge in [-0.05, 0) is 62.7 Å². The van der Waals surface area contributed by atoms with Crippen LogP contribution in [0.2, 0.25) is 0 Å². The van der Waals surface area contributed by atoms with E-state index in [2.05, 4.69) is 45.9 Å². The Morgan fingerprint density at radius 2 is 1.56 bits per heavy atom. The first-order valence-corrected chi connectivity index (χ1v) is 11.0. The van der Waals surface area contributed by atoms with Gasteiger partial charge in [0.05, 0.1) is 0 Å². The van der Waals surface area contributed by atoms with Gasteiger partial charge in [0, 0.05) is 0 Å². The normalized spacial score (nSPS) is 20.4. The zero-order chi connectivity index (χ0) is 26.5. The second-order valence-corrected chi connectivity index (χ2v) is 8.97. The van der Waals surface area contributed by atoms with Crippen molar-refractivity contribution in [3.05, 3.63) is 58.7 Å². The van der Waals surface area contributed by atoms with Crippen LogP contribution in [0.1, 0.15) is 53.9 Å². The highest BCUT2D eigenvalue weighted by molar-refractivity contribution is 5.73. The summed E-state index contributed by atoms with van der Waals surface area (Å²) >= 11 is 0. The molecule has 0 amide bonds. The molecular formula is C26H38O8. The number of carboxylic acid groups (broad SMARTS) is 1. The number of carboxylic acids is 1. The molecule has 1 aliphatic rings. The van der Waals surface area contributed by atoms with Gasteiger partial charge >= 0.3 is 5.97 Å². The van der Waals surface area contributed by atoms with Crippen molar-refractivity contribution in [1.29, 1.82) is 0 Å². The highest BCUT2D eigenvalue weighted by atomic mass is 16.4.